The molecule has 0 fully saturated rings. The average Bonchev–Trinajstić information content (AvgIpc) is 3.42. The highest BCUT2D eigenvalue weighted by Crippen LogP contribution is 2.36. The Morgan fingerprint density at radius 1 is 1.11 bits per heavy atom. The van der Waals surface area contributed by atoms with E-state index in [0.717, 1.165) is 39.4 Å². The van der Waals surface area contributed by atoms with Crippen molar-refractivity contribution < 1.29 is 4.74 Å². The van der Waals surface area contributed by atoms with Crippen molar-refractivity contribution in [2.24, 2.45) is 0 Å². The number of nitrogens with zero attached hydrogens (tertiary/aromatic N) is 3. The summed E-state index contributed by atoms with van der Waals surface area (Å²) >= 11 is 1.67. The molecule has 0 bridgehead atoms. The zero-order valence-electron chi connectivity index (χ0n) is 14.8. The minimum atomic E-state index is 0.684. The highest BCUT2D eigenvalue weighted by atomic mass is 32.1. The van der Waals surface area contributed by atoms with Crippen LogP contribution in [0.15, 0.2) is 60.4 Å². The summed E-state index contributed by atoms with van der Waals surface area (Å²) in [6.45, 7) is 1.51. The van der Waals surface area contributed by atoms with Crippen LogP contribution in [0.4, 0.5) is 0 Å². The molecule has 6 heteroatoms. The Morgan fingerprint density at radius 3 is 2.93 bits per heavy atom. The summed E-state index contributed by atoms with van der Waals surface area (Å²) in [5.41, 5.74) is 5.32. The molecule has 0 saturated heterocycles. The second-order valence-electron chi connectivity index (χ2n) is 6.39. The van der Waals surface area contributed by atoms with Crippen LogP contribution in [0.25, 0.3) is 43.8 Å². The van der Waals surface area contributed by atoms with Gasteiger partial charge in [-0.25, -0.2) is 9.97 Å². The van der Waals surface area contributed by atoms with Gasteiger partial charge in [0.2, 0.25) is 0 Å². The van der Waals surface area contributed by atoms with E-state index >= 15 is 0 Å². The third-order valence-electron chi connectivity index (χ3n) is 4.79. The number of para-hydroxylation sites is 1. The SMILES string of the molecule is COCCn1cc(-c2nc(-c3c[nH]c4ncccc34)cs2)c2ccccc21. The van der Waals surface area contributed by atoms with Gasteiger partial charge < -0.3 is 14.3 Å². The van der Waals surface area contributed by atoms with E-state index in [2.05, 4.69) is 56.4 Å². The van der Waals surface area contributed by atoms with Crippen LogP contribution in [0.2, 0.25) is 0 Å². The normalized spacial score (nSPS) is 11.6. The number of pyridine rings is 1. The van der Waals surface area contributed by atoms with Gasteiger partial charge in [-0.2, -0.15) is 0 Å². The van der Waals surface area contributed by atoms with E-state index in [1.165, 1.54) is 10.9 Å². The number of hydrogen-bond donors (Lipinski definition) is 1. The maximum Gasteiger partial charge on any atom is 0.137 e. The predicted octanol–water partition coefficient (Wildman–Crippen LogP) is 4.95. The van der Waals surface area contributed by atoms with Crippen LogP contribution in [-0.2, 0) is 11.3 Å². The lowest BCUT2D eigenvalue weighted by atomic mass is 10.1. The van der Waals surface area contributed by atoms with Crippen LogP contribution in [-0.4, -0.2) is 33.2 Å². The van der Waals surface area contributed by atoms with E-state index in [1.807, 2.05) is 12.3 Å². The molecule has 1 N–H and O–H groups in total. The van der Waals surface area contributed by atoms with Crippen molar-refractivity contribution in [3.8, 4) is 21.8 Å². The maximum atomic E-state index is 5.26. The van der Waals surface area contributed by atoms with Crippen molar-refractivity contribution >= 4 is 33.3 Å². The molecule has 0 saturated carbocycles. The van der Waals surface area contributed by atoms with E-state index in [1.54, 1.807) is 24.6 Å². The number of H-pyrrole nitrogens is 1. The van der Waals surface area contributed by atoms with Gasteiger partial charge in [0, 0.05) is 65.0 Å². The largest absolute Gasteiger partial charge is 0.383 e. The van der Waals surface area contributed by atoms with Crippen molar-refractivity contribution in [3.05, 3.63) is 60.4 Å². The Labute approximate surface area is 160 Å². The fourth-order valence-corrected chi connectivity index (χ4v) is 4.32. The van der Waals surface area contributed by atoms with Gasteiger partial charge in [-0.3, -0.25) is 0 Å². The van der Waals surface area contributed by atoms with E-state index in [9.17, 15) is 0 Å². The molecule has 4 aromatic heterocycles. The lowest BCUT2D eigenvalue weighted by Crippen LogP contribution is -2.02. The van der Waals surface area contributed by atoms with Crippen molar-refractivity contribution in [3.63, 3.8) is 0 Å². The molecule has 0 aliphatic carbocycles. The van der Waals surface area contributed by atoms with Crippen LogP contribution in [0.1, 0.15) is 0 Å². The van der Waals surface area contributed by atoms with Gasteiger partial charge in [0.05, 0.1) is 12.3 Å². The molecule has 4 heterocycles. The first-order valence-corrected chi connectivity index (χ1v) is 9.68. The third-order valence-corrected chi connectivity index (χ3v) is 5.66. The molecule has 0 radical (unpaired) electrons. The summed E-state index contributed by atoms with van der Waals surface area (Å²) in [5, 5.41) is 5.45. The fraction of sp³-hybridized carbons (Fsp3) is 0.143. The monoisotopic (exact) mass is 374 g/mol. The number of benzene rings is 1. The predicted molar refractivity (Wildman–Crippen MR) is 110 cm³/mol. The molecule has 0 spiro atoms. The summed E-state index contributed by atoms with van der Waals surface area (Å²) in [7, 11) is 1.73. The van der Waals surface area contributed by atoms with E-state index in [-0.39, 0.29) is 0 Å². The van der Waals surface area contributed by atoms with Gasteiger partial charge in [0.1, 0.15) is 10.7 Å². The number of aromatic nitrogens is 4. The Kier molecular flexibility index (Phi) is 3.99. The molecule has 0 aliphatic heterocycles. The molecule has 27 heavy (non-hydrogen) atoms. The first-order valence-electron chi connectivity index (χ1n) is 8.80. The molecule has 0 amide bonds. The first kappa shape index (κ1) is 16.2. The highest BCUT2D eigenvalue weighted by molar-refractivity contribution is 7.13. The summed E-state index contributed by atoms with van der Waals surface area (Å²) < 4.78 is 7.50. The zero-order chi connectivity index (χ0) is 18.2. The standard InChI is InChI=1S/C21H18N4OS/c1-26-10-9-25-12-17(14-5-2-3-7-19(14)25)21-24-18(13-27-21)16-11-23-20-15(16)6-4-8-22-20/h2-8,11-13H,9-10H2,1H3,(H,22,23). The lowest BCUT2D eigenvalue weighted by molar-refractivity contribution is 0.188. The first-order chi connectivity index (χ1) is 13.3. The van der Waals surface area contributed by atoms with Gasteiger partial charge in [-0.05, 0) is 18.2 Å². The van der Waals surface area contributed by atoms with Crippen molar-refractivity contribution in [2.75, 3.05) is 13.7 Å². The molecule has 0 unspecified atom stereocenters. The molecule has 0 atom stereocenters. The van der Waals surface area contributed by atoms with Gasteiger partial charge in [-0.15, -0.1) is 11.3 Å². The number of ether oxygens (including phenoxy) is 1. The molecule has 0 aliphatic rings. The number of hydrogen-bond acceptors (Lipinski definition) is 4. The molecular weight excluding hydrogens is 356 g/mol. The lowest BCUT2D eigenvalue weighted by Gasteiger charge is -2.03. The Morgan fingerprint density at radius 2 is 2.00 bits per heavy atom. The topological polar surface area (TPSA) is 55.7 Å². The molecule has 5 rings (SSSR count). The average molecular weight is 374 g/mol. The molecular formula is C21H18N4OS. The van der Waals surface area contributed by atoms with Crippen LogP contribution < -0.4 is 0 Å². The smallest absolute Gasteiger partial charge is 0.137 e. The summed E-state index contributed by atoms with van der Waals surface area (Å²) in [6, 6.07) is 12.5. The molecule has 5 nitrogen and oxygen atoms in total. The van der Waals surface area contributed by atoms with Gasteiger partial charge in [0.15, 0.2) is 0 Å². The van der Waals surface area contributed by atoms with Gasteiger partial charge in [-0.1, -0.05) is 18.2 Å². The van der Waals surface area contributed by atoms with Gasteiger partial charge >= 0.3 is 0 Å². The molecule has 134 valence electrons. The van der Waals surface area contributed by atoms with E-state index in [0.29, 0.717) is 6.61 Å². The van der Waals surface area contributed by atoms with Gasteiger partial charge in [0.25, 0.3) is 0 Å². The minimum absolute atomic E-state index is 0.684. The maximum absolute atomic E-state index is 5.26. The zero-order valence-corrected chi connectivity index (χ0v) is 15.7. The third kappa shape index (κ3) is 2.74. The van der Waals surface area contributed by atoms with Crippen LogP contribution in [0.3, 0.4) is 0 Å². The van der Waals surface area contributed by atoms with Crippen molar-refractivity contribution in [1.82, 2.24) is 19.5 Å². The van der Waals surface area contributed by atoms with E-state index < -0.39 is 0 Å². The Hall–Kier alpha value is -2.96. The van der Waals surface area contributed by atoms with Crippen LogP contribution in [0, 0.1) is 0 Å². The fourth-order valence-electron chi connectivity index (χ4n) is 3.48. The Balaban J connectivity index is 1.60. The van der Waals surface area contributed by atoms with Crippen LogP contribution >= 0.6 is 11.3 Å². The second-order valence-corrected chi connectivity index (χ2v) is 7.24. The van der Waals surface area contributed by atoms with Crippen molar-refractivity contribution in [2.45, 2.75) is 6.54 Å². The van der Waals surface area contributed by atoms with Crippen molar-refractivity contribution in [1.29, 1.82) is 0 Å². The minimum Gasteiger partial charge on any atom is -0.383 e. The summed E-state index contributed by atoms with van der Waals surface area (Å²) in [6.07, 6.45) is 5.96. The Bertz CT molecular complexity index is 1230. The molecule has 5 aromatic rings. The summed E-state index contributed by atoms with van der Waals surface area (Å²) in [4.78, 5) is 12.5. The van der Waals surface area contributed by atoms with Crippen LogP contribution in [0.5, 0.6) is 0 Å². The quantitative estimate of drug-likeness (QED) is 0.473. The number of aromatic amines is 1. The molecule has 1 aromatic carbocycles. The second kappa shape index (κ2) is 6.64. The number of nitrogens with one attached hydrogen (secondary N) is 1. The highest BCUT2D eigenvalue weighted by Gasteiger charge is 2.15. The summed E-state index contributed by atoms with van der Waals surface area (Å²) in [5.74, 6) is 0. The van der Waals surface area contributed by atoms with E-state index in [4.69, 9.17) is 9.72 Å². The number of rotatable bonds is 5. The number of methoxy groups -OCH3 is 1. The number of thiazole rings is 1. The number of fused-ring (bicyclic) bond motifs is 2.